The predicted octanol–water partition coefficient (Wildman–Crippen LogP) is 3.91. The van der Waals surface area contributed by atoms with Crippen molar-refractivity contribution < 1.29 is 72.9 Å². The Labute approximate surface area is 334 Å². The van der Waals surface area contributed by atoms with Crippen LogP contribution in [-0.4, -0.2) is 95.7 Å². The van der Waals surface area contributed by atoms with Crippen LogP contribution in [0.15, 0.2) is 36.4 Å². The molecule has 5 heterocycles. The fourth-order valence-corrected chi connectivity index (χ4v) is 8.74. The fourth-order valence-electron chi connectivity index (χ4n) is 8.74. The number of carboxylic acids is 1. The number of fused-ring (bicyclic) bond motifs is 7. The minimum atomic E-state index is -1.86. The van der Waals surface area contributed by atoms with Crippen LogP contribution in [0.5, 0.6) is 34.5 Å². The van der Waals surface area contributed by atoms with E-state index in [1.54, 1.807) is 18.2 Å². The van der Waals surface area contributed by atoms with Crippen molar-refractivity contribution in [2.24, 2.45) is 11.7 Å². The van der Waals surface area contributed by atoms with Crippen LogP contribution in [0, 0.1) is 5.92 Å². The summed E-state index contributed by atoms with van der Waals surface area (Å²) in [6.07, 6.45) is -5.87. The van der Waals surface area contributed by atoms with Gasteiger partial charge in [-0.3, -0.25) is 9.59 Å². The predicted molar refractivity (Wildman–Crippen MR) is 201 cm³/mol. The fraction of sp³-hybridized carbons (Fsp3) is 0.524. The standard InChI is InChI=1S/C42H49NO15/c1-4-21-10-22(12-23(44)11-21)24-5-6-42(40(49)36(48)33(55-41(42)50-8-7-43)18-52-35(47)16-34(45)46)58-57-31-15-27-30(13-25(24)31)51-17-29-26-14-32-39(54-19-53-32)28(9-20(2)3)37(26)56-38(27)29/h10-15,20,24,29,33,36,38,40-41,44,48-49H,4-9,16-19,43H2,1-3H3,(H,45,46)/t24-,29-,33-,36-,38+,40+,41-,42+/m1/s1. The van der Waals surface area contributed by atoms with Crippen LogP contribution in [0.25, 0.3) is 0 Å². The minimum Gasteiger partial charge on any atom is -0.508 e. The molecule has 16 nitrogen and oxygen atoms in total. The summed E-state index contributed by atoms with van der Waals surface area (Å²) in [5.41, 5.74) is 8.91. The van der Waals surface area contributed by atoms with Crippen molar-refractivity contribution in [3.8, 4) is 34.5 Å². The summed E-state index contributed by atoms with van der Waals surface area (Å²) in [6.45, 7) is 6.18. The number of aromatic hydroxyl groups is 1. The second-order valence-corrected chi connectivity index (χ2v) is 15.8. The lowest BCUT2D eigenvalue weighted by molar-refractivity contribution is -0.422. The van der Waals surface area contributed by atoms with E-state index in [-0.39, 0.29) is 50.2 Å². The van der Waals surface area contributed by atoms with Gasteiger partial charge in [-0.05, 0) is 73.1 Å². The molecule has 0 unspecified atom stereocenters. The second kappa shape index (κ2) is 16.1. The van der Waals surface area contributed by atoms with Gasteiger partial charge < -0.3 is 64.2 Å². The lowest BCUT2D eigenvalue weighted by atomic mass is 9.77. The highest BCUT2D eigenvalue weighted by molar-refractivity contribution is 5.90. The molecule has 16 heteroatoms. The number of aliphatic carboxylic acids is 1. The molecular formula is C42H49NO15. The van der Waals surface area contributed by atoms with Gasteiger partial charge >= 0.3 is 11.9 Å². The van der Waals surface area contributed by atoms with E-state index in [2.05, 4.69) is 13.8 Å². The third-order valence-electron chi connectivity index (χ3n) is 11.5. The Kier molecular flexibility index (Phi) is 11.1. The maximum atomic E-state index is 12.1. The number of esters is 1. The average molecular weight is 808 g/mol. The number of aryl methyl sites for hydroxylation is 1. The summed E-state index contributed by atoms with van der Waals surface area (Å²) in [6, 6.07) is 11.1. The summed E-state index contributed by atoms with van der Waals surface area (Å²) >= 11 is 0. The maximum absolute atomic E-state index is 12.1. The molecule has 0 aromatic heterocycles. The number of benzene rings is 3. The number of carboxylic acid groups (broad SMARTS) is 1. The Morgan fingerprint density at radius 3 is 2.53 bits per heavy atom. The van der Waals surface area contributed by atoms with Crippen LogP contribution in [0.3, 0.4) is 0 Å². The third kappa shape index (κ3) is 7.26. The maximum Gasteiger partial charge on any atom is 0.317 e. The van der Waals surface area contributed by atoms with Crippen LogP contribution in [0.4, 0.5) is 0 Å². The number of aliphatic hydroxyl groups is 2. The number of hydrogen-bond acceptors (Lipinski definition) is 15. The van der Waals surface area contributed by atoms with Crippen molar-refractivity contribution in [1.82, 2.24) is 0 Å². The van der Waals surface area contributed by atoms with E-state index in [9.17, 15) is 24.9 Å². The molecule has 0 bridgehead atoms. The Bertz CT molecular complexity index is 2060. The minimum absolute atomic E-state index is 0.00169. The Hall–Kier alpha value is -4.84. The molecule has 0 radical (unpaired) electrons. The highest BCUT2D eigenvalue weighted by atomic mass is 17.2. The summed E-state index contributed by atoms with van der Waals surface area (Å²) in [4.78, 5) is 35.6. The largest absolute Gasteiger partial charge is 0.508 e. The van der Waals surface area contributed by atoms with Crippen LogP contribution in [0.2, 0.25) is 0 Å². The Morgan fingerprint density at radius 2 is 1.78 bits per heavy atom. The van der Waals surface area contributed by atoms with Crippen molar-refractivity contribution in [1.29, 1.82) is 0 Å². The van der Waals surface area contributed by atoms with Gasteiger partial charge in [0.05, 0.1) is 19.1 Å². The number of ether oxygens (including phenoxy) is 7. The Morgan fingerprint density at radius 1 is 0.983 bits per heavy atom. The molecule has 5 aliphatic heterocycles. The first-order valence-corrected chi connectivity index (χ1v) is 19.7. The first-order chi connectivity index (χ1) is 27.9. The van der Waals surface area contributed by atoms with Gasteiger partial charge in [-0.15, -0.1) is 0 Å². The summed E-state index contributed by atoms with van der Waals surface area (Å²) in [7, 11) is 0. The molecule has 3 aromatic rings. The number of nitrogens with two attached hydrogens (primary N) is 1. The van der Waals surface area contributed by atoms with E-state index in [1.165, 1.54) is 0 Å². The molecule has 312 valence electrons. The second-order valence-electron chi connectivity index (χ2n) is 15.8. The van der Waals surface area contributed by atoms with Crippen LogP contribution in [-0.2, 0) is 41.5 Å². The van der Waals surface area contributed by atoms with E-state index >= 15 is 0 Å². The van der Waals surface area contributed by atoms with E-state index in [0.717, 1.165) is 28.0 Å². The molecule has 0 aliphatic carbocycles. The van der Waals surface area contributed by atoms with Gasteiger partial charge in [0, 0.05) is 34.7 Å². The monoisotopic (exact) mass is 807 g/mol. The first kappa shape index (κ1) is 40.0. The SMILES string of the molecule is CCc1cc(O)cc([C@H]2CC[C@@]3(OOc4cc5c(cc42)OC[C@@H]2c4cc6c(c(CC(C)C)c4O[C@@H]52)OCO6)[C@H](OCCN)O[C@H](COC(=O)CC(=O)O)[C@@H](O)[C@@H]3O)c1. The van der Waals surface area contributed by atoms with Crippen molar-refractivity contribution in [2.45, 2.75) is 101 Å². The summed E-state index contributed by atoms with van der Waals surface area (Å²) in [5.74, 6) is 0.282. The molecule has 0 amide bonds. The zero-order valence-corrected chi connectivity index (χ0v) is 32.5. The molecule has 6 N–H and O–H groups in total. The lowest BCUT2D eigenvalue weighted by Gasteiger charge is -2.50. The van der Waals surface area contributed by atoms with Gasteiger partial charge in [-0.2, -0.15) is 4.89 Å². The molecule has 3 aromatic carbocycles. The normalized spacial score (nSPS) is 27.9. The van der Waals surface area contributed by atoms with Crippen molar-refractivity contribution in [2.75, 3.05) is 33.2 Å². The van der Waals surface area contributed by atoms with Crippen LogP contribution in [0.1, 0.15) is 91.4 Å². The molecule has 0 saturated carbocycles. The van der Waals surface area contributed by atoms with E-state index < -0.39 is 67.2 Å². The van der Waals surface area contributed by atoms with Crippen molar-refractivity contribution in [3.63, 3.8) is 0 Å². The van der Waals surface area contributed by atoms with Crippen molar-refractivity contribution >= 4 is 11.9 Å². The van der Waals surface area contributed by atoms with Gasteiger partial charge in [-0.1, -0.05) is 26.8 Å². The molecule has 8 atom stereocenters. The lowest BCUT2D eigenvalue weighted by Crippen LogP contribution is -2.69. The molecule has 5 aliphatic rings. The van der Waals surface area contributed by atoms with Gasteiger partial charge in [0.1, 0.15) is 54.7 Å². The highest BCUT2D eigenvalue weighted by Gasteiger charge is 2.60. The number of carbonyl (C=O) groups excluding carboxylic acids is 1. The van der Waals surface area contributed by atoms with Crippen LogP contribution < -0.4 is 29.6 Å². The first-order valence-electron chi connectivity index (χ1n) is 19.7. The van der Waals surface area contributed by atoms with E-state index in [4.69, 9.17) is 53.8 Å². The Balaban J connectivity index is 1.18. The van der Waals surface area contributed by atoms with Gasteiger partial charge in [0.15, 0.2) is 29.1 Å². The van der Waals surface area contributed by atoms with Gasteiger partial charge in [0.2, 0.25) is 6.79 Å². The summed E-state index contributed by atoms with van der Waals surface area (Å²) < 4.78 is 42.3. The molecule has 58 heavy (non-hydrogen) atoms. The number of phenols is 1. The molecule has 1 saturated heterocycles. The number of aliphatic hydroxyl groups excluding tert-OH is 2. The molecule has 1 fully saturated rings. The number of carbonyl (C=O) groups is 2. The van der Waals surface area contributed by atoms with Gasteiger partial charge in [0.25, 0.3) is 0 Å². The highest BCUT2D eigenvalue weighted by Crippen LogP contribution is 2.58. The smallest absolute Gasteiger partial charge is 0.317 e. The molecule has 1 spiro atoms. The third-order valence-corrected chi connectivity index (χ3v) is 11.5. The topological polar surface area (TPSA) is 224 Å². The summed E-state index contributed by atoms with van der Waals surface area (Å²) in [5, 5.41) is 43.2. The molecule has 8 rings (SSSR count). The number of hydrogen-bond donors (Lipinski definition) is 5. The molecular weight excluding hydrogens is 758 g/mol. The number of phenolic OH excluding ortho intramolecular Hbond substituents is 1. The quantitative estimate of drug-likeness (QED) is 0.105. The zero-order valence-electron chi connectivity index (χ0n) is 32.5. The van der Waals surface area contributed by atoms with E-state index in [0.29, 0.717) is 53.7 Å². The number of rotatable bonds is 11. The van der Waals surface area contributed by atoms with Gasteiger partial charge in [-0.25, -0.2) is 0 Å². The van der Waals surface area contributed by atoms with Crippen molar-refractivity contribution in [3.05, 3.63) is 69.8 Å². The average Bonchev–Trinajstić information content (AvgIpc) is 3.82. The zero-order chi connectivity index (χ0) is 40.9. The van der Waals surface area contributed by atoms with Crippen LogP contribution >= 0.6 is 0 Å². The van der Waals surface area contributed by atoms with E-state index in [1.807, 2.05) is 25.1 Å².